The molecule has 0 amide bonds. The minimum Gasteiger partial charge on any atom is -0.486 e. The molecule has 0 N–H and O–H groups in total. The molecular formula is C23H20F3NO. The quantitative estimate of drug-likeness (QED) is 0.603. The van der Waals surface area contributed by atoms with Gasteiger partial charge in [0, 0.05) is 6.54 Å². The highest BCUT2D eigenvalue weighted by atomic mass is 19.4. The maximum absolute atomic E-state index is 13.1. The van der Waals surface area contributed by atoms with Gasteiger partial charge in [0.15, 0.2) is 0 Å². The first-order chi connectivity index (χ1) is 13.4. The van der Waals surface area contributed by atoms with Crippen molar-refractivity contribution >= 4 is 0 Å². The number of likely N-dealkylation sites (tertiary alicyclic amines) is 1. The van der Waals surface area contributed by atoms with Crippen molar-refractivity contribution < 1.29 is 17.9 Å². The Morgan fingerprint density at radius 3 is 1.93 bits per heavy atom. The highest BCUT2D eigenvalue weighted by molar-refractivity contribution is 5.44. The molecule has 1 unspecified atom stereocenters. The molecule has 5 heteroatoms. The molecule has 2 nitrogen and oxygen atoms in total. The van der Waals surface area contributed by atoms with Gasteiger partial charge in [-0.25, -0.2) is 0 Å². The number of benzene rings is 3. The average Bonchev–Trinajstić information content (AvgIpc) is 2.69. The van der Waals surface area contributed by atoms with Crippen LogP contribution in [0.1, 0.15) is 16.7 Å². The van der Waals surface area contributed by atoms with E-state index < -0.39 is 17.3 Å². The Kier molecular flexibility index (Phi) is 4.63. The van der Waals surface area contributed by atoms with Gasteiger partial charge in [-0.3, -0.25) is 4.90 Å². The highest BCUT2D eigenvalue weighted by Gasteiger charge is 2.55. The maximum atomic E-state index is 13.1. The third kappa shape index (κ3) is 3.06. The summed E-state index contributed by atoms with van der Waals surface area (Å²) in [7, 11) is 2.01. The zero-order valence-corrected chi connectivity index (χ0v) is 15.4. The Hall–Kier alpha value is -2.79. The molecule has 144 valence electrons. The molecular weight excluding hydrogens is 363 g/mol. The van der Waals surface area contributed by atoms with Crippen molar-refractivity contribution in [3.05, 3.63) is 102 Å². The summed E-state index contributed by atoms with van der Waals surface area (Å²) in [5.41, 5.74) is 0.832. The van der Waals surface area contributed by atoms with E-state index in [-0.39, 0.29) is 11.9 Å². The topological polar surface area (TPSA) is 12.5 Å². The van der Waals surface area contributed by atoms with Crippen molar-refractivity contribution in [3.63, 3.8) is 0 Å². The van der Waals surface area contributed by atoms with Crippen LogP contribution in [0.25, 0.3) is 0 Å². The first-order valence-electron chi connectivity index (χ1n) is 9.08. The van der Waals surface area contributed by atoms with Gasteiger partial charge in [0.2, 0.25) is 0 Å². The summed E-state index contributed by atoms with van der Waals surface area (Å²) in [6, 6.07) is 25.0. The van der Waals surface area contributed by atoms with E-state index in [1.165, 1.54) is 6.07 Å². The molecule has 1 atom stereocenters. The molecule has 0 saturated carbocycles. The molecule has 0 radical (unpaired) electrons. The Morgan fingerprint density at radius 2 is 1.43 bits per heavy atom. The van der Waals surface area contributed by atoms with E-state index in [0.717, 1.165) is 23.3 Å². The highest BCUT2D eigenvalue weighted by Crippen LogP contribution is 2.47. The van der Waals surface area contributed by atoms with Crippen LogP contribution in [0, 0.1) is 0 Å². The summed E-state index contributed by atoms with van der Waals surface area (Å²) in [5.74, 6) is 0.226. The summed E-state index contributed by atoms with van der Waals surface area (Å²) in [6.07, 6.45) is -4.71. The van der Waals surface area contributed by atoms with Crippen LogP contribution in [0.4, 0.5) is 13.2 Å². The number of nitrogens with zero attached hydrogens (tertiary/aromatic N) is 1. The molecule has 3 aromatic rings. The van der Waals surface area contributed by atoms with E-state index >= 15 is 0 Å². The number of ether oxygens (including phenoxy) is 1. The molecule has 0 spiro atoms. The van der Waals surface area contributed by atoms with Crippen LogP contribution in [-0.2, 0) is 11.7 Å². The summed E-state index contributed by atoms with van der Waals surface area (Å²) in [6.45, 7) is 0.611. The molecule has 4 rings (SSSR count). The normalized spacial score (nSPS) is 19.1. The lowest BCUT2D eigenvalue weighted by Crippen LogP contribution is -2.69. The molecule has 0 aromatic heterocycles. The number of hydrogen-bond acceptors (Lipinski definition) is 2. The van der Waals surface area contributed by atoms with Crippen LogP contribution in [-0.4, -0.2) is 24.6 Å². The monoisotopic (exact) mass is 383 g/mol. The first-order valence-corrected chi connectivity index (χ1v) is 9.08. The minimum absolute atomic E-state index is 0.226. The summed E-state index contributed by atoms with van der Waals surface area (Å²) in [5, 5.41) is 0. The Labute approximate surface area is 162 Å². The molecule has 3 aromatic carbocycles. The van der Waals surface area contributed by atoms with Crippen LogP contribution in [0.15, 0.2) is 84.9 Å². The van der Waals surface area contributed by atoms with Crippen molar-refractivity contribution in [1.82, 2.24) is 4.90 Å². The second-order valence-corrected chi connectivity index (χ2v) is 7.01. The smallest absolute Gasteiger partial charge is 0.416 e. The van der Waals surface area contributed by atoms with E-state index in [2.05, 4.69) is 4.90 Å². The molecule has 1 aliphatic rings. The van der Waals surface area contributed by atoms with E-state index in [4.69, 9.17) is 4.74 Å². The second-order valence-electron chi connectivity index (χ2n) is 7.01. The molecule has 1 heterocycles. The lowest BCUT2D eigenvalue weighted by atomic mass is 9.71. The van der Waals surface area contributed by atoms with Gasteiger partial charge in [-0.05, 0) is 36.4 Å². The van der Waals surface area contributed by atoms with Gasteiger partial charge >= 0.3 is 6.18 Å². The average molecular weight is 383 g/mol. The lowest BCUT2D eigenvalue weighted by Gasteiger charge is -2.57. The third-order valence-corrected chi connectivity index (χ3v) is 5.38. The maximum Gasteiger partial charge on any atom is 0.416 e. The van der Waals surface area contributed by atoms with Gasteiger partial charge < -0.3 is 4.74 Å². The van der Waals surface area contributed by atoms with Gasteiger partial charge in [0.1, 0.15) is 17.4 Å². The van der Waals surface area contributed by atoms with E-state index in [1.54, 1.807) is 6.07 Å². The van der Waals surface area contributed by atoms with Crippen LogP contribution in [0.5, 0.6) is 5.75 Å². The van der Waals surface area contributed by atoms with Crippen molar-refractivity contribution in [2.75, 3.05) is 13.6 Å². The van der Waals surface area contributed by atoms with Crippen molar-refractivity contribution in [2.45, 2.75) is 17.8 Å². The second kappa shape index (κ2) is 6.99. The number of alkyl halides is 3. The van der Waals surface area contributed by atoms with Gasteiger partial charge in [0.25, 0.3) is 0 Å². The number of likely N-dealkylation sites (N-methyl/N-ethyl adjacent to an activating group) is 1. The number of halogens is 3. The van der Waals surface area contributed by atoms with Crippen LogP contribution >= 0.6 is 0 Å². The summed E-state index contributed by atoms with van der Waals surface area (Å²) >= 11 is 0. The van der Waals surface area contributed by atoms with Crippen molar-refractivity contribution in [3.8, 4) is 5.75 Å². The van der Waals surface area contributed by atoms with Crippen molar-refractivity contribution in [1.29, 1.82) is 0 Å². The van der Waals surface area contributed by atoms with Gasteiger partial charge in [-0.2, -0.15) is 13.2 Å². The van der Waals surface area contributed by atoms with E-state index in [1.807, 2.05) is 67.7 Å². The van der Waals surface area contributed by atoms with E-state index in [0.29, 0.717) is 6.54 Å². The Morgan fingerprint density at radius 1 is 0.857 bits per heavy atom. The van der Waals surface area contributed by atoms with E-state index in [9.17, 15) is 13.2 Å². The van der Waals surface area contributed by atoms with Crippen LogP contribution < -0.4 is 4.74 Å². The Balaban J connectivity index is 1.75. The SMILES string of the molecule is CN1CC(Oc2cccc(C(F)(F)F)c2)C1(c1ccccc1)c1ccccc1. The summed E-state index contributed by atoms with van der Waals surface area (Å²) in [4.78, 5) is 2.18. The predicted octanol–water partition coefficient (Wildman–Crippen LogP) is 5.34. The zero-order chi connectivity index (χ0) is 19.8. The molecule has 1 saturated heterocycles. The van der Waals surface area contributed by atoms with Gasteiger partial charge in [-0.15, -0.1) is 0 Å². The Bertz CT molecular complexity index is 901. The molecule has 1 aliphatic heterocycles. The predicted molar refractivity (Wildman–Crippen MR) is 102 cm³/mol. The fourth-order valence-electron chi connectivity index (χ4n) is 4.05. The first kappa shape index (κ1) is 18.6. The fraction of sp³-hybridized carbons (Fsp3) is 0.217. The fourth-order valence-corrected chi connectivity index (χ4v) is 4.05. The third-order valence-electron chi connectivity index (χ3n) is 5.38. The molecule has 0 aliphatic carbocycles. The summed E-state index contributed by atoms with van der Waals surface area (Å²) < 4.78 is 45.4. The molecule has 0 bridgehead atoms. The number of rotatable bonds is 4. The van der Waals surface area contributed by atoms with Crippen LogP contribution in [0.2, 0.25) is 0 Å². The van der Waals surface area contributed by atoms with Gasteiger partial charge in [0.05, 0.1) is 5.56 Å². The molecule has 28 heavy (non-hydrogen) atoms. The lowest BCUT2D eigenvalue weighted by molar-refractivity contribution is -0.138. The van der Waals surface area contributed by atoms with Crippen molar-refractivity contribution in [2.24, 2.45) is 0 Å². The van der Waals surface area contributed by atoms with Gasteiger partial charge in [-0.1, -0.05) is 66.7 Å². The molecule has 1 fully saturated rings. The minimum atomic E-state index is -4.40. The van der Waals surface area contributed by atoms with Crippen LogP contribution in [0.3, 0.4) is 0 Å². The largest absolute Gasteiger partial charge is 0.486 e. The zero-order valence-electron chi connectivity index (χ0n) is 15.4. The number of hydrogen-bond donors (Lipinski definition) is 0. The standard InChI is InChI=1S/C23H20F3NO/c1-27-16-21(28-20-14-8-13-19(15-20)23(24,25)26)22(27,17-9-4-2-5-10-17)18-11-6-3-7-12-18/h2-15,21H,16H2,1H3.